The Hall–Kier alpha value is -1.59. The van der Waals surface area contributed by atoms with Gasteiger partial charge in [0.2, 0.25) is 11.8 Å². The molecule has 24 heavy (non-hydrogen) atoms. The molecule has 1 fully saturated rings. The van der Waals surface area contributed by atoms with Gasteiger partial charge in [0, 0.05) is 32.0 Å². The number of nitrogens with zero attached hydrogens (tertiary/aromatic N) is 1. The molecule has 1 aromatic carbocycles. The summed E-state index contributed by atoms with van der Waals surface area (Å²) in [7, 11) is 1.89. The van der Waals surface area contributed by atoms with Gasteiger partial charge in [0.1, 0.15) is 0 Å². The van der Waals surface area contributed by atoms with Crippen LogP contribution < -0.4 is 10.6 Å². The monoisotopic (exact) mass is 353 g/mol. The first-order valence-corrected chi connectivity index (χ1v) is 8.44. The molecular formula is C18H28ClN3O2. The molecule has 1 aliphatic heterocycles. The lowest BCUT2D eigenvalue weighted by atomic mass is 9.95. The quantitative estimate of drug-likeness (QED) is 0.737. The van der Waals surface area contributed by atoms with E-state index < -0.39 is 0 Å². The summed E-state index contributed by atoms with van der Waals surface area (Å²) >= 11 is 0. The van der Waals surface area contributed by atoms with Crippen LogP contribution in [0.4, 0.5) is 0 Å². The molecule has 0 aliphatic carbocycles. The van der Waals surface area contributed by atoms with E-state index in [1.54, 1.807) is 0 Å². The van der Waals surface area contributed by atoms with Crippen molar-refractivity contribution >= 4 is 24.2 Å². The third-order valence-corrected chi connectivity index (χ3v) is 4.35. The predicted molar refractivity (Wildman–Crippen MR) is 98.0 cm³/mol. The maximum atomic E-state index is 12.2. The summed E-state index contributed by atoms with van der Waals surface area (Å²) in [5.74, 6) is 0.347. The van der Waals surface area contributed by atoms with Crippen molar-refractivity contribution in [2.75, 3.05) is 26.7 Å². The predicted octanol–water partition coefficient (Wildman–Crippen LogP) is 1.96. The SMILES string of the molecule is CNCCCC(=O)N1CCC(C(=O)NCc2ccccc2)CC1.Cl. The summed E-state index contributed by atoms with van der Waals surface area (Å²) in [4.78, 5) is 26.2. The van der Waals surface area contributed by atoms with Crippen LogP contribution >= 0.6 is 12.4 Å². The summed E-state index contributed by atoms with van der Waals surface area (Å²) in [6.45, 7) is 2.83. The molecule has 0 atom stereocenters. The zero-order valence-electron chi connectivity index (χ0n) is 14.3. The Morgan fingerprint density at radius 2 is 1.83 bits per heavy atom. The molecule has 134 valence electrons. The molecule has 2 N–H and O–H groups in total. The normalized spacial score (nSPS) is 14.8. The lowest BCUT2D eigenvalue weighted by Crippen LogP contribution is -2.43. The lowest BCUT2D eigenvalue weighted by molar-refractivity contribution is -0.135. The van der Waals surface area contributed by atoms with E-state index in [9.17, 15) is 9.59 Å². The van der Waals surface area contributed by atoms with Crippen LogP contribution in [0.25, 0.3) is 0 Å². The van der Waals surface area contributed by atoms with E-state index >= 15 is 0 Å². The molecule has 0 aromatic heterocycles. The van der Waals surface area contributed by atoms with Gasteiger partial charge in [-0.05, 0) is 38.4 Å². The van der Waals surface area contributed by atoms with Crippen LogP contribution in [0.15, 0.2) is 30.3 Å². The van der Waals surface area contributed by atoms with Crippen LogP contribution in [-0.4, -0.2) is 43.4 Å². The van der Waals surface area contributed by atoms with Gasteiger partial charge in [-0.2, -0.15) is 0 Å². The summed E-state index contributed by atoms with van der Waals surface area (Å²) < 4.78 is 0. The highest BCUT2D eigenvalue weighted by Crippen LogP contribution is 2.18. The molecule has 1 heterocycles. The van der Waals surface area contributed by atoms with E-state index in [0.29, 0.717) is 26.1 Å². The molecule has 0 bridgehead atoms. The van der Waals surface area contributed by atoms with Gasteiger partial charge in [0.15, 0.2) is 0 Å². The van der Waals surface area contributed by atoms with E-state index in [-0.39, 0.29) is 30.1 Å². The number of likely N-dealkylation sites (tertiary alicyclic amines) is 1. The number of nitrogens with one attached hydrogen (secondary N) is 2. The fraction of sp³-hybridized carbons (Fsp3) is 0.556. The van der Waals surface area contributed by atoms with E-state index in [4.69, 9.17) is 0 Å². The summed E-state index contributed by atoms with van der Waals surface area (Å²) in [6.07, 6.45) is 2.98. The molecule has 6 heteroatoms. The second-order valence-electron chi connectivity index (χ2n) is 6.07. The minimum Gasteiger partial charge on any atom is -0.352 e. The minimum atomic E-state index is 0. The van der Waals surface area contributed by atoms with E-state index in [1.165, 1.54) is 0 Å². The minimum absolute atomic E-state index is 0. The first-order chi connectivity index (χ1) is 11.2. The van der Waals surface area contributed by atoms with Crippen molar-refractivity contribution < 1.29 is 9.59 Å². The fourth-order valence-electron chi connectivity index (χ4n) is 2.89. The van der Waals surface area contributed by atoms with Gasteiger partial charge in [-0.15, -0.1) is 12.4 Å². The highest BCUT2D eigenvalue weighted by atomic mass is 35.5. The van der Waals surface area contributed by atoms with Crippen molar-refractivity contribution in [3.8, 4) is 0 Å². The van der Waals surface area contributed by atoms with Gasteiger partial charge in [0.25, 0.3) is 0 Å². The van der Waals surface area contributed by atoms with Crippen LogP contribution in [0.5, 0.6) is 0 Å². The summed E-state index contributed by atoms with van der Waals surface area (Å²) in [5, 5.41) is 6.06. The van der Waals surface area contributed by atoms with Gasteiger partial charge in [-0.3, -0.25) is 9.59 Å². The average molecular weight is 354 g/mol. The van der Waals surface area contributed by atoms with Crippen molar-refractivity contribution in [3.63, 3.8) is 0 Å². The number of amides is 2. The van der Waals surface area contributed by atoms with Crippen LogP contribution in [-0.2, 0) is 16.1 Å². The Balaban J connectivity index is 0.00000288. The molecule has 1 aromatic rings. The summed E-state index contributed by atoms with van der Waals surface area (Å²) in [6, 6.07) is 9.92. The average Bonchev–Trinajstić information content (AvgIpc) is 2.61. The second-order valence-corrected chi connectivity index (χ2v) is 6.07. The Morgan fingerprint density at radius 3 is 2.46 bits per heavy atom. The second kappa shape index (κ2) is 11.0. The van der Waals surface area contributed by atoms with Crippen LogP contribution in [0.2, 0.25) is 0 Å². The number of hydrogen-bond donors (Lipinski definition) is 2. The topological polar surface area (TPSA) is 61.4 Å². The van der Waals surface area contributed by atoms with Gasteiger partial charge >= 0.3 is 0 Å². The molecule has 0 radical (unpaired) electrons. The van der Waals surface area contributed by atoms with E-state index in [2.05, 4.69) is 10.6 Å². The van der Waals surface area contributed by atoms with Crippen molar-refractivity contribution in [1.82, 2.24) is 15.5 Å². The number of carbonyl (C=O) groups excluding carboxylic acids is 2. The number of rotatable bonds is 7. The lowest BCUT2D eigenvalue weighted by Gasteiger charge is -2.31. The van der Waals surface area contributed by atoms with Crippen LogP contribution in [0.3, 0.4) is 0 Å². The zero-order chi connectivity index (χ0) is 16.5. The molecule has 2 amide bonds. The van der Waals surface area contributed by atoms with E-state index in [1.807, 2.05) is 42.3 Å². The Bertz CT molecular complexity index is 502. The molecular weight excluding hydrogens is 326 g/mol. The van der Waals surface area contributed by atoms with Gasteiger partial charge < -0.3 is 15.5 Å². The maximum Gasteiger partial charge on any atom is 0.223 e. The third-order valence-electron chi connectivity index (χ3n) is 4.35. The number of hydrogen-bond acceptors (Lipinski definition) is 3. The standard InChI is InChI=1S/C18H27N3O2.ClH/c1-19-11-5-8-17(22)21-12-9-16(10-13-21)18(23)20-14-15-6-3-2-4-7-15;/h2-4,6-7,16,19H,5,8-14H2,1H3,(H,20,23);1H. The molecule has 1 saturated heterocycles. The molecule has 0 saturated carbocycles. The Labute approximate surface area is 150 Å². The molecule has 0 unspecified atom stereocenters. The maximum absolute atomic E-state index is 12.2. The molecule has 2 rings (SSSR count). The van der Waals surface area contributed by atoms with Crippen molar-refractivity contribution in [2.45, 2.75) is 32.2 Å². The Kier molecular flexibility index (Phi) is 9.42. The van der Waals surface area contributed by atoms with Crippen LogP contribution in [0.1, 0.15) is 31.2 Å². The fourth-order valence-corrected chi connectivity index (χ4v) is 2.89. The van der Waals surface area contributed by atoms with Gasteiger partial charge in [-0.25, -0.2) is 0 Å². The first-order valence-electron chi connectivity index (χ1n) is 8.44. The van der Waals surface area contributed by atoms with E-state index in [0.717, 1.165) is 31.4 Å². The highest BCUT2D eigenvalue weighted by Gasteiger charge is 2.26. The third kappa shape index (κ3) is 6.49. The molecule has 5 nitrogen and oxygen atoms in total. The summed E-state index contributed by atoms with van der Waals surface area (Å²) in [5.41, 5.74) is 1.11. The molecule has 0 spiro atoms. The Morgan fingerprint density at radius 1 is 1.17 bits per heavy atom. The number of carbonyl (C=O) groups is 2. The first kappa shape index (κ1) is 20.5. The van der Waals surface area contributed by atoms with Crippen molar-refractivity contribution in [1.29, 1.82) is 0 Å². The zero-order valence-corrected chi connectivity index (χ0v) is 15.1. The van der Waals surface area contributed by atoms with Crippen molar-refractivity contribution in [3.05, 3.63) is 35.9 Å². The van der Waals surface area contributed by atoms with Crippen LogP contribution in [0, 0.1) is 5.92 Å². The van der Waals surface area contributed by atoms with Gasteiger partial charge in [0.05, 0.1) is 0 Å². The number of piperidine rings is 1. The number of halogens is 1. The van der Waals surface area contributed by atoms with Gasteiger partial charge in [-0.1, -0.05) is 30.3 Å². The molecule has 1 aliphatic rings. The highest BCUT2D eigenvalue weighted by molar-refractivity contribution is 5.85. The number of benzene rings is 1. The van der Waals surface area contributed by atoms with Crippen molar-refractivity contribution in [2.24, 2.45) is 5.92 Å². The largest absolute Gasteiger partial charge is 0.352 e. The smallest absolute Gasteiger partial charge is 0.223 e.